The first-order valence-electron chi connectivity index (χ1n) is 11.9. The van der Waals surface area contributed by atoms with Crippen LogP contribution < -0.4 is 31.7 Å². The smallest absolute Gasteiger partial charge is 0.229 e. The average molecular weight is 532 g/mol. The minimum Gasteiger partial charge on any atom is -0.497 e. The molecule has 196 valence electrons. The summed E-state index contributed by atoms with van der Waals surface area (Å²) in [5.41, 5.74) is 11.7. The first kappa shape index (κ1) is 25.3. The van der Waals surface area contributed by atoms with Gasteiger partial charge in [0.05, 0.1) is 24.2 Å². The Morgan fingerprint density at radius 1 is 0.921 bits per heavy atom. The second kappa shape index (κ2) is 10.2. The third-order valence-corrected chi connectivity index (χ3v) is 6.77. The molecule has 2 heterocycles. The third-order valence-electron chi connectivity index (χ3n) is 5.92. The lowest BCUT2D eigenvalue weighted by molar-refractivity contribution is 0.414. The Morgan fingerprint density at radius 2 is 1.68 bits per heavy atom. The second-order valence-corrected chi connectivity index (χ2v) is 11.4. The van der Waals surface area contributed by atoms with Crippen molar-refractivity contribution in [1.82, 2.24) is 9.97 Å². The molecule has 38 heavy (non-hydrogen) atoms. The minimum atomic E-state index is -3.13. The second-order valence-electron chi connectivity index (χ2n) is 9.29. The highest BCUT2D eigenvalue weighted by atomic mass is 32.2. The molecular weight excluding hydrogens is 502 g/mol. The Balaban J connectivity index is 1.25. The first-order chi connectivity index (χ1) is 18.2. The van der Waals surface area contributed by atoms with Crippen molar-refractivity contribution in [3.8, 4) is 5.75 Å². The number of hydrogen-bond acceptors (Lipinski definition) is 10. The summed E-state index contributed by atoms with van der Waals surface area (Å²) in [7, 11) is -1.49. The van der Waals surface area contributed by atoms with E-state index in [9.17, 15) is 8.42 Å². The van der Waals surface area contributed by atoms with Gasteiger partial charge in [-0.2, -0.15) is 4.98 Å². The molecule has 1 aliphatic rings. The standard InChI is InChI=1S/C27H29N7O3S/c1-37-22-9-6-18(7-10-22)16-27(28)33-23-11-8-21(15-24(23)34-27)30-25-12-13-29-26(32-25)31-20-5-3-4-19(14-20)17-38(2,35)36/h3-15,33-34H,16-17,28H2,1-2H3,(H2,29,30,31,32). The summed E-state index contributed by atoms with van der Waals surface area (Å²) in [5, 5.41) is 13.2. The molecule has 3 aromatic carbocycles. The van der Waals surface area contributed by atoms with Gasteiger partial charge < -0.3 is 26.0 Å². The van der Waals surface area contributed by atoms with Crippen LogP contribution in [0.5, 0.6) is 5.75 Å². The molecule has 0 amide bonds. The highest BCUT2D eigenvalue weighted by Gasteiger charge is 2.32. The zero-order chi connectivity index (χ0) is 26.8. The Labute approximate surface area is 221 Å². The summed E-state index contributed by atoms with van der Waals surface area (Å²) in [6.07, 6.45) is 3.43. The molecule has 0 aliphatic carbocycles. The number of rotatable bonds is 9. The molecule has 0 saturated carbocycles. The van der Waals surface area contributed by atoms with Gasteiger partial charge in [-0.15, -0.1) is 0 Å². The molecule has 1 aliphatic heterocycles. The quantitative estimate of drug-likeness (QED) is 0.213. The number of methoxy groups -OCH3 is 1. The van der Waals surface area contributed by atoms with Gasteiger partial charge in [0.15, 0.2) is 15.6 Å². The van der Waals surface area contributed by atoms with Crippen LogP contribution >= 0.6 is 0 Å². The fraction of sp³-hybridized carbons (Fsp3) is 0.185. The molecule has 1 unspecified atom stereocenters. The molecule has 0 bridgehead atoms. The van der Waals surface area contributed by atoms with E-state index in [0.29, 0.717) is 29.4 Å². The van der Waals surface area contributed by atoms with E-state index in [1.54, 1.807) is 37.6 Å². The van der Waals surface area contributed by atoms with Crippen molar-refractivity contribution in [2.75, 3.05) is 34.6 Å². The van der Waals surface area contributed by atoms with E-state index in [0.717, 1.165) is 28.4 Å². The van der Waals surface area contributed by atoms with E-state index < -0.39 is 15.6 Å². The fourth-order valence-corrected chi connectivity index (χ4v) is 5.09. The lowest BCUT2D eigenvalue weighted by Crippen LogP contribution is -2.53. The van der Waals surface area contributed by atoms with Crippen LogP contribution in [0.3, 0.4) is 0 Å². The predicted octanol–water partition coefficient (Wildman–Crippen LogP) is 4.21. The van der Waals surface area contributed by atoms with Crippen molar-refractivity contribution in [1.29, 1.82) is 0 Å². The van der Waals surface area contributed by atoms with Crippen molar-refractivity contribution in [3.63, 3.8) is 0 Å². The fourth-order valence-electron chi connectivity index (χ4n) is 4.31. The van der Waals surface area contributed by atoms with E-state index in [2.05, 4.69) is 31.2 Å². The monoisotopic (exact) mass is 531 g/mol. The highest BCUT2D eigenvalue weighted by Crippen LogP contribution is 2.36. The van der Waals surface area contributed by atoms with Crippen LogP contribution in [0, 0.1) is 0 Å². The van der Waals surface area contributed by atoms with Gasteiger partial charge in [0.25, 0.3) is 0 Å². The number of anilines is 6. The Bertz CT molecular complexity index is 1560. The number of nitrogens with two attached hydrogens (primary N) is 1. The maximum atomic E-state index is 11.6. The predicted molar refractivity (Wildman–Crippen MR) is 151 cm³/mol. The van der Waals surface area contributed by atoms with E-state index in [4.69, 9.17) is 10.5 Å². The number of ether oxygens (including phenoxy) is 1. The molecule has 0 fully saturated rings. The molecule has 0 spiro atoms. The molecule has 4 aromatic rings. The first-order valence-corrected chi connectivity index (χ1v) is 14.0. The number of nitrogens with one attached hydrogen (secondary N) is 4. The molecular formula is C27H29N7O3S. The van der Waals surface area contributed by atoms with Gasteiger partial charge >= 0.3 is 0 Å². The van der Waals surface area contributed by atoms with Crippen molar-refractivity contribution in [3.05, 3.63) is 90.1 Å². The van der Waals surface area contributed by atoms with Gasteiger partial charge in [-0.05, 0) is 59.7 Å². The minimum absolute atomic E-state index is 0.0314. The number of nitrogens with zero attached hydrogens (tertiary/aromatic N) is 2. The number of hydrogen-bond donors (Lipinski definition) is 5. The van der Waals surface area contributed by atoms with Gasteiger partial charge in [-0.3, -0.25) is 5.73 Å². The van der Waals surface area contributed by atoms with Gasteiger partial charge in [0.1, 0.15) is 11.6 Å². The number of benzene rings is 3. The van der Waals surface area contributed by atoms with Gasteiger partial charge in [0.2, 0.25) is 5.95 Å². The van der Waals surface area contributed by atoms with E-state index in [1.165, 1.54) is 6.26 Å². The molecule has 0 saturated heterocycles. The van der Waals surface area contributed by atoms with Crippen molar-refractivity contribution in [2.45, 2.75) is 18.0 Å². The summed E-state index contributed by atoms with van der Waals surface area (Å²) in [5.74, 6) is 0.921. The Hall–Kier alpha value is -4.35. The Kier molecular flexibility index (Phi) is 6.79. The van der Waals surface area contributed by atoms with Crippen molar-refractivity contribution < 1.29 is 13.2 Å². The van der Waals surface area contributed by atoms with Crippen LogP contribution in [0.1, 0.15) is 11.1 Å². The summed E-state index contributed by atoms with van der Waals surface area (Å²) >= 11 is 0. The maximum absolute atomic E-state index is 11.6. The average Bonchev–Trinajstić information content (AvgIpc) is 3.19. The zero-order valence-corrected chi connectivity index (χ0v) is 21.8. The number of aromatic nitrogens is 2. The van der Waals surface area contributed by atoms with Crippen LogP contribution in [-0.4, -0.2) is 37.5 Å². The van der Waals surface area contributed by atoms with Crippen LogP contribution in [0.25, 0.3) is 0 Å². The summed E-state index contributed by atoms with van der Waals surface area (Å²) in [4.78, 5) is 8.82. The van der Waals surface area contributed by atoms with Crippen LogP contribution in [-0.2, 0) is 22.0 Å². The SMILES string of the molecule is COc1ccc(CC2(N)Nc3ccc(Nc4ccnc(Nc5cccc(CS(C)(=O)=O)c5)n4)cc3N2)cc1. The lowest BCUT2D eigenvalue weighted by atomic mass is 10.1. The van der Waals surface area contributed by atoms with E-state index in [-0.39, 0.29) is 5.75 Å². The zero-order valence-electron chi connectivity index (χ0n) is 21.0. The summed E-state index contributed by atoms with van der Waals surface area (Å²) in [6, 6.07) is 22.6. The van der Waals surface area contributed by atoms with E-state index >= 15 is 0 Å². The number of fused-ring (bicyclic) bond motifs is 1. The van der Waals surface area contributed by atoms with Gasteiger partial charge in [0, 0.05) is 30.2 Å². The Morgan fingerprint density at radius 3 is 2.45 bits per heavy atom. The summed E-state index contributed by atoms with van der Waals surface area (Å²) in [6.45, 7) is 0. The van der Waals surface area contributed by atoms with E-state index in [1.807, 2.05) is 48.5 Å². The van der Waals surface area contributed by atoms with Gasteiger partial charge in [-0.25, -0.2) is 13.4 Å². The third kappa shape index (κ3) is 6.31. The largest absolute Gasteiger partial charge is 0.497 e. The molecule has 11 heteroatoms. The lowest BCUT2D eigenvalue weighted by Gasteiger charge is -2.26. The topological polar surface area (TPSA) is 143 Å². The van der Waals surface area contributed by atoms with Crippen LogP contribution in [0.2, 0.25) is 0 Å². The van der Waals surface area contributed by atoms with Crippen LogP contribution in [0.4, 0.5) is 34.5 Å². The molecule has 5 rings (SSSR count). The normalized spacial score (nSPS) is 16.2. The van der Waals surface area contributed by atoms with Crippen LogP contribution in [0.15, 0.2) is 79.0 Å². The van der Waals surface area contributed by atoms with Crippen molar-refractivity contribution in [2.24, 2.45) is 5.73 Å². The molecule has 6 N–H and O–H groups in total. The summed E-state index contributed by atoms with van der Waals surface area (Å²) < 4.78 is 28.5. The molecule has 1 aromatic heterocycles. The number of sulfone groups is 1. The molecule has 0 radical (unpaired) electrons. The molecule has 10 nitrogen and oxygen atoms in total. The van der Waals surface area contributed by atoms with Crippen molar-refractivity contribution >= 4 is 44.4 Å². The molecule has 1 atom stereocenters. The maximum Gasteiger partial charge on any atom is 0.229 e. The highest BCUT2D eigenvalue weighted by molar-refractivity contribution is 7.89. The van der Waals surface area contributed by atoms with Gasteiger partial charge in [-0.1, -0.05) is 24.3 Å².